The van der Waals surface area contributed by atoms with Crippen molar-refractivity contribution in [1.82, 2.24) is 4.31 Å². The Kier molecular flexibility index (Phi) is 5.77. The van der Waals surface area contributed by atoms with Crippen LogP contribution in [-0.2, 0) is 19.6 Å². The van der Waals surface area contributed by atoms with Gasteiger partial charge in [0.2, 0.25) is 10.0 Å². The first-order chi connectivity index (χ1) is 12.4. The van der Waals surface area contributed by atoms with Crippen molar-refractivity contribution in [3.8, 4) is 0 Å². The molecule has 1 aliphatic heterocycles. The molecule has 1 aromatic rings. The van der Waals surface area contributed by atoms with Gasteiger partial charge in [-0.3, -0.25) is 4.79 Å². The van der Waals surface area contributed by atoms with Crippen molar-refractivity contribution in [2.24, 2.45) is 0 Å². The highest BCUT2D eigenvalue weighted by molar-refractivity contribution is 7.89. The third-order valence-electron chi connectivity index (χ3n) is 5.13. The average Bonchev–Trinajstić information content (AvgIpc) is 2.64. The van der Waals surface area contributed by atoms with Crippen molar-refractivity contribution >= 4 is 21.8 Å². The molecule has 0 spiro atoms. The summed E-state index contributed by atoms with van der Waals surface area (Å²) in [5, 5.41) is 0. The summed E-state index contributed by atoms with van der Waals surface area (Å²) < 4.78 is 32.5. The number of piperidine rings is 1. The monoisotopic (exact) mass is 379 g/mol. The molecule has 0 amide bonds. The zero-order valence-electron chi connectivity index (χ0n) is 15.1. The maximum Gasteiger partial charge on any atom is 0.339 e. The van der Waals surface area contributed by atoms with E-state index in [2.05, 4.69) is 0 Å². The standard InChI is InChI=1S/C19H25NO5S/c1-14-9-10-15(26(23,24)20-11-5-2-6-12-20)13-16(14)19(22)25-18-8-4-3-7-17(18)21/h9-10,13,18H,2-8,11-12H2,1H3/t18-/m0/s1. The van der Waals surface area contributed by atoms with Gasteiger partial charge in [0.25, 0.3) is 0 Å². The van der Waals surface area contributed by atoms with Gasteiger partial charge >= 0.3 is 5.97 Å². The van der Waals surface area contributed by atoms with Gasteiger partial charge in [-0.25, -0.2) is 13.2 Å². The van der Waals surface area contributed by atoms with Gasteiger partial charge in [0.1, 0.15) is 0 Å². The van der Waals surface area contributed by atoms with Crippen LogP contribution in [0.15, 0.2) is 23.1 Å². The topological polar surface area (TPSA) is 80.8 Å². The maximum atomic E-state index is 12.8. The normalized spacial score (nSPS) is 22.2. The van der Waals surface area contributed by atoms with Crippen LogP contribution in [0.2, 0.25) is 0 Å². The van der Waals surface area contributed by atoms with Crippen LogP contribution in [0.3, 0.4) is 0 Å². The van der Waals surface area contributed by atoms with Gasteiger partial charge in [-0.2, -0.15) is 4.31 Å². The summed E-state index contributed by atoms with van der Waals surface area (Å²) in [5.74, 6) is -0.683. The maximum absolute atomic E-state index is 12.8. The minimum Gasteiger partial charge on any atom is -0.451 e. The molecule has 1 aromatic carbocycles. The number of aryl methyl sites for hydroxylation is 1. The molecule has 0 unspecified atom stereocenters. The molecular formula is C19H25NO5S. The Bertz CT molecular complexity index is 796. The lowest BCUT2D eigenvalue weighted by molar-refractivity contribution is -0.129. The second kappa shape index (κ2) is 7.88. The Morgan fingerprint density at radius 2 is 1.85 bits per heavy atom. The lowest BCUT2D eigenvalue weighted by atomic mass is 9.96. The Morgan fingerprint density at radius 1 is 1.12 bits per heavy atom. The minimum absolute atomic E-state index is 0.0562. The molecule has 0 N–H and O–H groups in total. The summed E-state index contributed by atoms with van der Waals surface area (Å²) in [4.78, 5) is 24.6. The Hall–Kier alpha value is -1.73. The lowest BCUT2D eigenvalue weighted by Gasteiger charge is -2.26. The molecule has 3 rings (SSSR count). The van der Waals surface area contributed by atoms with Crippen LogP contribution in [0.5, 0.6) is 0 Å². The van der Waals surface area contributed by atoms with E-state index in [1.165, 1.54) is 16.4 Å². The molecule has 1 atom stereocenters. The predicted octanol–water partition coefficient (Wildman–Crippen LogP) is 2.84. The minimum atomic E-state index is -3.62. The van der Waals surface area contributed by atoms with Gasteiger partial charge in [-0.05, 0) is 56.7 Å². The molecule has 6 nitrogen and oxygen atoms in total. The molecule has 0 radical (unpaired) electrons. The lowest BCUT2D eigenvalue weighted by Crippen LogP contribution is -2.35. The second-order valence-corrected chi connectivity index (χ2v) is 8.99. The first-order valence-electron chi connectivity index (χ1n) is 9.24. The highest BCUT2D eigenvalue weighted by Crippen LogP contribution is 2.24. The van der Waals surface area contributed by atoms with Crippen LogP contribution in [0.1, 0.15) is 60.9 Å². The fraction of sp³-hybridized carbons (Fsp3) is 0.579. The van der Waals surface area contributed by atoms with Gasteiger partial charge in [-0.1, -0.05) is 12.5 Å². The number of ether oxygens (including phenoxy) is 1. The first-order valence-corrected chi connectivity index (χ1v) is 10.7. The number of Topliss-reactive ketones (excluding diaryl/α,β-unsaturated/α-hetero) is 1. The van der Waals surface area contributed by atoms with E-state index < -0.39 is 22.1 Å². The molecule has 0 aromatic heterocycles. The Balaban J connectivity index is 1.83. The van der Waals surface area contributed by atoms with Crippen LogP contribution in [-0.4, -0.2) is 43.7 Å². The van der Waals surface area contributed by atoms with Gasteiger partial charge < -0.3 is 4.74 Å². The second-order valence-electron chi connectivity index (χ2n) is 7.05. The van der Waals surface area contributed by atoms with E-state index in [1.54, 1.807) is 13.0 Å². The predicted molar refractivity (Wildman–Crippen MR) is 96.5 cm³/mol. The van der Waals surface area contributed by atoms with Gasteiger partial charge in [0, 0.05) is 19.5 Å². The van der Waals surface area contributed by atoms with Crippen molar-refractivity contribution in [2.75, 3.05) is 13.1 Å². The zero-order valence-corrected chi connectivity index (χ0v) is 15.9. The van der Waals surface area contributed by atoms with Crippen molar-refractivity contribution in [3.05, 3.63) is 29.3 Å². The van der Waals surface area contributed by atoms with E-state index in [1.807, 2.05) is 0 Å². The van der Waals surface area contributed by atoms with E-state index in [9.17, 15) is 18.0 Å². The smallest absolute Gasteiger partial charge is 0.339 e. The number of hydrogen-bond donors (Lipinski definition) is 0. The number of esters is 1. The van der Waals surface area contributed by atoms with Gasteiger partial charge in [0.05, 0.1) is 10.5 Å². The van der Waals surface area contributed by atoms with Crippen molar-refractivity contribution in [2.45, 2.75) is 62.9 Å². The molecule has 0 bridgehead atoms. The number of benzene rings is 1. The summed E-state index contributed by atoms with van der Waals surface area (Å²) in [6.07, 6.45) is 4.68. The van der Waals surface area contributed by atoms with Crippen molar-refractivity contribution in [1.29, 1.82) is 0 Å². The SMILES string of the molecule is Cc1ccc(S(=O)(=O)N2CCCCC2)cc1C(=O)O[C@H]1CCCCC1=O. The number of carbonyl (C=O) groups excluding carboxylic acids is 2. The summed E-state index contributed by atoms with van der Waals surface area (Å²) in [6.45, 7) is 2.75. The number of nitrogens with zero attached hydrogens (tertiary/aromatic N) is 1. The zero-order chi connectivity index (χ0) is 18.7. The van der Waals surface area contributed by atoms with E-state index in [4.69, 9.17) is 4.74 Å². The third-order valence-corrected chi connectivity index (χ3v) is 7.02. The molecule has 2 fully saturated rings. The molecule has 142 valence electrons. The number of ketones is 1. The molecule has 2 aliphatic rings. The molecule has 1 aliphatic carbocycles. The summed E-state index contributed by atoms with van der Waals surface area (Å²) in [7, 11) is -3.62. The molecule has 26 heavy (non-hydrogen) atoms. The van der Waals surface area contributed by atoms with Gasteiger partial charge in [0.15, 0.2) is 11.9 Å². The molecule has 1 saturated carbocycles. The highest BCUT2D eigenvalue weighted by atomic mass is 32.2. The molecule has 1 saturated heterocycles. The van der Waals surface area contributed by atoms with Crippen LogP contribution in [0.4, 0.5) is 0 Å². The summed E-state index contributed by atoms with van der Waals surface area (Å²) in [5.41, 5.74) is 0.845. The molecule has 7 heteroatoms. The third kappa shape index (κ3) is 3.99. The number of rotatable bonds is 4. The Morgan fingerprint density at radius 3 is 2.54 bits per heavy atom. The Labute approximate surface area is 154 Å². The van der Waals surface area contributed by atoms with Crippen molar-refractivity contribution < 1.29 is 22.7 Å². The average molecular weight is 379 g/mol. The fourth-order valence-corrected chi connectivity index (χ4v) is 5.05. The van der Waals surface area contributed by atoms with E-state index >= 15 is 0 Å². The number of sulfonamides is 1. The van der Waals surface area contributed by atoms with Crippen LogP contribution < -0.4 is 0 Å². The molecular weight excluding hydrogens is 354 g/mol. The largest absolute Gasteiger partial charge is 0.451 e. The first kappa shape index (κ1) is 19.0. The van der Waals surface area contributed by atoms with Crippen LogP contribution in [0, 0.1) is 6.92 Å². The quantitative estimate of drug-likeness (QED) is 0.752. The highest BCUT2D eigenvalue weighted by Gasteiger charge is 2.29. The number of hydrogen-bond acceptors (Lipinski definition) is 5. The fourth-order valence-electron chi connectivity index (χ4n) is 3.50. The van der Waals surface area contributed by atoms with E-state index in [0.717, 1.165) is 32.1 Å². The van der Waals surface area contributed by atoms with Crippen molar-refractivity contribution in [3.63, 3.8) is 0 Å². The van der Waals surface area contributed by atoms with E-state index in [-0.39, 0.29) is 16.2 Å². The number of carbonyl (C=O) groups is 2. The summed E-state index contributed by atoms with van der Waals surface area (Å²) in [6, 6.07) is 4.53. The molecule has 1 heterocycles. The summed E-state index contributed by atoms with van der Waals surface area (Å²) >= 11 is 0. The van der Waals surface area contributed by atoms with Crippen LogP contribution in [0.25, 0.3) is 0 Å². The van der Waals surface area contributed by atoms with E-state index in [0.29, 0.717) is 31.5 Å². The van der Waals surface area contributed by atoms with Crippen LogP contribution >= 0.6 is 0 Å². The van der Waals surface area contributed by atoms with Gasteiger partial charge in [-0.15, -0.1) is 0 Å².